The van der Waals surface area contributed by atoms with Gasteiger partial charge in [0.1, 0.15) is 11.5 Å². The first kappa shape index (κ1) is 16.7. The lowest BCUT2D eigenvalue weighted by atomic mass is 9.99. The minimum absolute atomic E-state index is 0.265. The van der Waals surface area contributed by atoms with E-state index >= 15 is 0 Å². The van der Waals surface area contributed by atoms with Crippen molar-refractivity contribution in [3.8, 4) is 11.5 Å². The lowest BCUT2D eigenvalue weighted by Crippen LogP contribution is -2.06. The lowest BCUT2D eigenvalue weighted by Gasteiger charge is -2.12. The van der Waals surface area contributed by atoms with Gasteiger partial charge in [-0.25, -0.2) is 0 Å². The first-order valence-corrected chi connectivity index (χ1v) is 7.37. The van der Waals surface area contributed by atoms with Crippen molar-refractivity contribution in [2.24, 2.45) is 0 Å². The standard InChI is InChI=1S/C17H16Cl2O3/c1-9-5-11(21-3)7-13(15(9)18)17(20)14-8-12(22-4)6-10(2)16(14)19/h5-8H,1-4H3. The Kier molecular flexibility index (Phi) is 4.99. The first-order valence-electron chi connectivity index (χ1n) is 6.62. The van der Waals surface area contributed by atoms with Gasteiger partial charge in [0.25, 0.3) is 0 Å². The summed E-state index contributed by atoms with van der Waals surface area (Å²) in [4.78, 5) is 12.8. The zero-order chi connectivity index (χ0) is 16.4. The summed E-state index contributed by atoms with van der Waals surface area (Å²) >= 11 is 12.6. The van der Waals surface area contributed by atoms with Crippen LogP contribution in [0.4, 0.5) is 0 Å². The van der Waals surface area contributed by atoms with Crippen LogP contribution in [0.25, 0.3) is 0 Å². The van der Waals surface area contributed by atoms with Crippen LogP contribution in [-0.4, -0.2) is 20.0 Å². The van der Waals surface area contributed by atoms with Crippen LogP contribution in [0.3, 0.4) is 0 Å². The van der Waals surface area contributed by atoms with Gasteiger partial charge in [0, 0.05) is 11.1 Å². The predicted molar refractivity (Wildman–Crippen MR) is 88.9 cm³/mol. The van der Waals surface area contributed by atoms with Crippen LogP contribution in [0, 0.1) is 13.8 Å². The van der Waals surface area contributed by atoms with Crippen LogP contribution < -0.4 is 9.47 Å². The van der Waals surface area contributed by atoms with Crippen LogP contribution in [0.5, 0.6) is 11.5 Å². The van der Waals surface area contributed by atoms with E-state index in [2.05, 4.69) is 0 Å². The zero-order valence-electron chi connectivity index (χ0n) is 12.8. The Morgan fingerprint density at radius 1 is 0.818 bits per heavy atom. The summed E-state index contributed by atoms with van der Waals surface area (Å²) in [5.41, 5.74) is 2.24. The normalized spacial score (nSPS) is 10.5. The Labute approximate surface area is 139 Å². The van der Waals surface area contributed by atoms with Crippen molar-refractivity contribution in [3.63, 3.8) is 0 Å². The molecule has 2 rings (SSSR count). The van der Waals surface area contributed by atoms with Crippen molar-refractivity contribution >= 4 is 29.0 Å². The average Bonchev–Trinajstić information content (AvgIpc) is 2.51. The van der Waals surface area contributed by atoms with Crippen molar-refractivity contribution < 1.29 is 14.3 Å². The molecule has 0 unspecified atom stereocenters. The molecule has 0 spiro atoms. The van der Waals surface area contributed by atoms with Crippen molar-refractivity contribution in [1.82, 2.24) is 0 Å². The molecule has 0 saturated heterocycles. The molecule has 5 heteroatoms. The maximum absolute atomic E-state index is 12.8. The van der Waals surface area contributed by atoms with Crippen LogP contribution in [0.1, 0.15) is 27.0 Å². The van der Waals surface area contributed by atoms with Gasteiger partial charge in [0.15, 0.2) is 5.78 Å². The topological polar surface area (TPSA) is 35.5 Å². The number of aryl methyl sites for hydroxylation is 2. The first-order chi connectivity index (χ1) is 10.4. The van der Waals surface area contributed by atoms with Crippen molar-refractivity contribution in [2.45, 2.75) is 13.8 Å². The Balaban J connectivity index is 2.62. The fraction of sp³-hybridized carbons (Fsp3) is 0.235. The largest absolute Gasteiger partial charge is 0.497 e. The predicted octanol–water partition coefficient (Wildman–Crippen LogP) is 4.86. The third kappa shape index (κ3) is 3.06. The molecule has 0 aromatic heterocycles. The summed E-state index contributed by atoms with van der Waals surface area (Å²) in [6, 6.07) is 6.78. The summed E-state index contributed by atoms with van der Waals surface area (Å²) in [6.07, 6.45) is 0. The number of rotatable bonds is 4. The number of hydrogen-bond donors (Lipinski definition) is 0. The Morgan fingerprint density at radius 3 is 1.50 bits per heavy atom. The molecular weight excluding hydrogens is 323 g/mol. The third-order valence-electron chi connectivity index (χ3n) is 3.42. The van der Waals surface area contributed by atoms with Crippen LogP contribution in [0.15, 0.2) is 24.3 Å². The van der Waals surface area contributed by atoms with E-state index in [-0.39, 0.29) is 5.78 Å². The SMILES string of the molecule is COc1cc(C)c(Cl)c(C(=O)c2cc(OC)cc(C)c2Cl)c1. The van der Waals surface area contributed by atoms with Crippen LogP contribution in [-0.2, 0) is 0 Å². The molecule has 0 fully saturated rings. The van der Waals surface area contributed by atoms with E-state index < -0.39 is 0 Å². The molecule has 0 radical (unpaired) electrons. The fourth-order valence-corrected chi connectivity index (χ4v) is 2.57. The van der Waals surface area contributed by atoms with Crippen molar-refractivity contribution in [1.29, 1.82) is 0 Å². The van der Waals surface area contributed by atoms with Gasteiger partial charge >= 0.3 is 0 Å². The van der Waals surface area contributed by atoms with E-state index in [0.717, 1.165) is 11.1 Å². The van der Waals surface area contributed by atoms with Crippen molar-refractivity contribution in [3.05, 3.63) is 56.6 Å². The van der Waals surface area contributed by atoms with Crippen LogP contribution >= 0.6 is 23.2 Å². The molecule has 2 aromatic rings. The molecule has 0 atom stereocenters. The monoisotopic (exact) mass is 338 g/mol. The minimum Gasteiger partial charge on any atom is -0.497 e. The van der Waals surface area contributed by atoms with E-state index in [1.165, 1.54) is 0 Å². The lowest BCUT2D eigenvalue weighted by molar-refractivity contribution is 0.103. The highest BCUT2D eigenvalue weighted by Crippen LogP contribution is 2.33. The van der Waals surface area contributed by atoms with Gasteiger partial charge in [-0.05, 0) is 49.2 Å². The zero-order valence-corrected chi connectivity index (χ0v) is 14.3. The van der Waals surface area contributed by atoms with E-state index in [4.69, 9.17) is 32.7 Å². The highest BCUT2D eigenvalue weighted by molar-refractivity contribution is 6.39. The van der Waals surface area contributed by atoms with Gasteiger partial charge in [-0.3, -0.25) is 4.79 Å². The molecule has 0 N–H and O–H groups in total. The van der Waals surface area contributed by atoms with E-state index in [0.29, 0.717) is 32.7 Å². The number of carbonyl (C=O) groups excluding carboxylic acids is 1. The number of halogens is 2. The van der Waals surface area contributed by atoms with E-state index in [1.807, 2.05) is 13.8 Å². The molecule has 0 aliphatic carbocycles. The number of benzene rings is 2. The van der Waals surface area contributed by atoms with Gasteiger partial charge in [-0.2, -0.15) is 0 Å². The summed E-state index contributed by atoms with van der Waals surface area (Å²) in [6.45, 7) is 3.64. The second kappa shape index (κ2) is 6.59. The number of methoxy groups -OCH3 is 2. The second-order valence-corrected chi connectivity index (χ2v) is 5.70. The molecule has 0 aliphatic rings. The summed E-state index contributed by atoms with van der Waals surface area (Å²) in [5, 5.41) is 0.782. The van der Waals surface area contributed by atoms with Gasteiger partial charge in [-0.1, -0.05) is 23.2 Å². The average molecular weight is 339 g/mol. The quantitative estimate of drug-likeness (QED) is 0.747. The summed E-state index contributed by atoms with van der Waals surface area (Å²) < 4.78 is 10.4. The molecule has 3 nitrogen and oxygen atoms in total. The molecule has 0 bridgehead atoms. The molecule has 2 aromatic carbocycles. The molecule has 0 saturated carbocycles. The highest BCUT2D eigenvalue weighted by atomic mass is 35.5. The van der Waals surface area contributed by atoms with E-state index in [9.17, 15) is 4.79 Å². The maximum atomic E-state index is 12.8. The molecule has 116 valence electrons. The number of hydrogen-bond acceptors (Lipinski definition) is 3. The smallest absolute Gasteiger partial charge is 0.196 e. The third-order valence-corrected chi connectivity index (χ3v) is 4.42. The highest BCUT2D eigenvalue weighted by Gasteiger charge is 2.20. The summed E-state index contributed by atoms with van der Waals surface area (Å²) in [7, 11) is 3.08. The number of carbonyl (C=O) groups is 1. The van der Waals surface area contributed by atoms with Gasteiger partial charge in [-0.15, -0.1) is 0 Å². The Hall–Kier alpha value is -1.71. The Bertz CT molecular complexity index is 678. The number of ether oxygens (including phenoxy) is 2. The molecule has 0 amide bonds. The molecule has 22 heavy (non-hydrogen) atoms. The Morgan fingerprint density at radius 2 is 1.18 bits per heavy atom. The van der Waals surface area contributed by atoms with Crippen LogP contribution in [0.2, 0.25) is 10.0 Å². The maximum Gasteiger partial charge on any atom is 0.196 e. The second-order valence-electron chi connectivity index (χ2n) is 4.94. The van der Waals surface area contributed by atoms with E-state index in [1.54, 1.807) is 38.5 Å². The van der Waals surface area contributed by atoms with Gasteiger partial charge in [0.2, 0.25) is 0 Å². The molecule has 0 aliphatic heterocycles. The molecular formula is C17H16Cl2O3. The number of ketones is 1. The molecule has 0 heterocycles. The van der Waals surface area contributed by atoms with Gasteiger partial charge in [0.05, 0.1) is 24.3 Å². The van der Waals surface area contributed by atoms with Gasteiger partial charge < -0.3 is 9.47 Å². The summed E-state index contributed by atoms with van der Waals surface area (Å²) in [5.74, 6) is 0.876. The van der Waals surface area contributed by atoms with Crippen molar-refractivity contribution in [2.75, 3.05) is 14.2 Å². The minimum atomic E-state index is -0.265. The fourth-order valence-electron chi connectivity index (χ4n) is 2.18.